The summed E-state index contributed by atoms with van der Waals surface area (Å²) in [7, 11) is 0. The Bertz CT molecular complexity index is 416. The average molecular weight is 268 g/mol. The van der Waals surface area contributed by atoms with Crippen molar-refractivity contribution in [2.75, 3.05) is 13.1 Å². The minimum Gasteiger partial charge on any atom is -0.481 e. The van der Waals surface area contributed by atoms with Crippen LogP contribution in [0, 0.1) is 0 Å². The second-order valence-corrected chi connectivity index (χ2v) is 5.04. The third-order valence-electron chi connectivity index (χ3n) is 3.12. The van der Waals surface area contributed by atoms with E-state index in [9.17, 15) is 4.79 Å². The summed E-state index contributed by atoms with van der Waals surface area (Å²) in [5.74, 6) is 0.704. The quantitative estimate of drug-likeness (QED) is 0.842. The van der Waals surface area contributed by atoms with E-state index in [1.807, 2.05) is 17.0 Å². The number of ether oxygens (including phenoxy) is 1. The van der Waals surface area contributed by atoms with Crippen molar-refractivity contribution in [3.63, 3.8) is 0 Å². The van der Waals surface area contributed by atoms with Crippen molar-refractivity contribution in [3.05, 3.63) is 29.3 Å². The van der Waals surface area contributed by atoms with Gasteiger partial charge in [-0.1, -0.05) is 17.7 Å². The molecule has 2 rings (SSSR count). The Labute approximate surface area is 113 Å². The molecule has 1 unspecified atom stereocenters. The highest BCUT2D eigenvalue weighted by molar-refractivity contribution is 6.30. The zero-order valence-electron chi connectivity index (χ0n) is 10.6. The molecule has 0 N–H and O–H groups in total. The number of nitrogens with zero attached hydrogens (tertiary/aromatic N) is 1. The van der Waals surface area contributed by atoms with Gasteiger partial charge >= 0.3 is 0 Å². The molecule has 0 radical (unpaired) electrons. The van der Waals surface area contributed by atoms with Crippen LogP contribution in [0.3, 0.4) is 0 Å². The van der Waals surface area contributed by atoms with E-state index in [2.05, 4.69) is 0 Å². The number of hydrogen-bond donors (Lipinski definition) is 0. The summed E-state index contributed by atoms with van der Waals surface area (Å²) < 4.78 is 5.63. The Hall–Kier alpha value is -1.22. The second kappa shape index (κ2) is 6.10. The normalized spacial score (nSPS) is 17.3. The lowest BCUT2D eigenvalue weighted by molar-refractivity contribution is -0.138. The van der Waals surface area contributed by atoms with Crippen molar-refractivity contribution in [2.45, 2.75) is 32.3 Å². The number of likely N-dealkylation sites (tertiary alicyclic amines) is 1. The van der Waals surface area contributed by atoms with Crippen molar-refractivity contribution < 1.29 is 9.53 Å². The minimum atomic E-state index is -0.457. The van der Waals surface area contributed by atoms with Gasteiger partial charge in [0.25, 0.3) is 5.91 Å². The largest absolute Gasteiger partial charge is 0.481 e. The van der Waals surface area contributed by atoms with Gasteiger partial charge < -0.3 is 9.64 Å². The van der Waals surface area contributed by atoms with Gasteiger partial charge in [0.2, 0.25) is 0 Å². The molecule has 4 heteroatoms. The smallest absolute Gasteiger partial charge is 0.263 e. The van der Waals surface area contributed by atoms with Crippen LogP contribution in [-0.2, 0) is 4.79 Å². The molecule has 0 saturated carbocycles. The highest BCUT2D eigenvalue weighted by atomic mass is 35.5. The molecule has 0 spiro atoms. The van der Waals surface area contributed by atoms with Gasteiger partial charge in [-0.15, -0.1) is 0 Å². The van der Waals surface area contributed by atoms with Gasteiger partial charge in [-0.25, -0.2) is 0 Å². The van der Waals surface area contributed by atoms with Crippen LogP contribution >= 0.6 is 11.6 Å². The molecule has 18 heavy (non-hydrogen) atoms. The molecule has 1 aliphatic heterocycles. The van der Waals surface area contributed by atoms with Gasteiger partial charge in [0.1, 0.15) is 5.75 Å². The highest BCUT2D eigenvalue weighted by Gasteiger charge is 2.23. The van der Waals surface area contributed by atoms with Gasteiger partial charge in [-0.2, -0.15) is 0 Å². The summed E-state index contributed by atoms with van der Waals surface area (Å²) in [5, 5.41) is 0.616. The molecule has 0 aliphatic carbocycles. The summed E-state index contributed by atoms with van der Waals surface area (Å²) in [4.78, 5) is 14.0. The summed E-state index contributed by atoms with van der Waals surface area (Å²) >= 11 is 5.88. The lowest BCUT2D eigenvalue weighted by Crippen LogP contribution is -2.43. The maximum Gasteiger partial charge on any atom is 0.263 e. The summed E-state index contributed by atoms with van der Waals surface area (Å²) in [5.41, 5.74) is 0. The predicted molar refractivity (Wildman–Crippen MR) is 72.0 cm³/mol. The first-order chi connectivity index (χ1) is 8.66. The Morgan fingerprint density at radius 2 is 2.06 bits per heavy atom. The average Bonchev–Trinajstić information content (AvgIpc) is 2.39. The van der Waals surface area contributed by atoms with Crippen molar-refractivity contribution in [2.24, 2.45) is 0 Å². The zero-order valence-corrected chi connectivity index (χ0v) is 11.3. The molecular weight excluding hydrogens is 250 g/mol. The number of carbonyl (C=O) groups is 1. The Kier molecular flexibility index (Phi) is 4.48. The molecule has 1 saturated heterocycles. The maximum atomic E-state index is 12.2. The van der Waals surface area contributed by atoms with E-state index in [-0.39, 0.29) is 5.91 Å². The molecule has 1 aliphatic rings. The van der Waals surface area contributed by atoms with E-state index in [1.54, 1.807) is 19.1 Å². The number of rotatable bonds is 3. The van der Waals surface area contributed by atoms with Crippen molar-refractivity contribution in [3.8, 4) is 5.75 Å². The zero-order chi connectivity index (χ0) is 13.0. The molecule has 1 amide bonds. The Balaban J connectivity index is 1.94. The molecule has 98 valence electrons. The fourth-order valence-corrected chi connectivity index (χ4v) is 2.35. The topological polar surface area (TPSA) is 29.5 Å². The van der Waals surface area contributed by atoms with Crippen molar-refractivity contribution >= 4 is 17.5 Å². The van der Waals surface area contributed by atoms with Gasteiger partial charge in [0.15, 0.2) is 6.10 Å². The van der Waals surface area contributed by atoms with Gasteiger partial charge in [0.05, 0.1) is 0 Å². The molecule has 0 aromatic heterocycles. The van der Waals surface area contributed by atoms with Gasteiger partial charge in [-0.05, 0) is 44.4 Å². The van der Waals surface area contributed by atoms with Crippen LogP contribution in [0.4, 0.5) is 0 Å². The van der Waals surface area contributed by atoms with Crippen molar-refractivity contribution in [1.29, 1.82) is 0 Å². The first kappa shape index (κ1) is 13.2. The standard InChI is InChI=1S/C14H18ClNO2/c1-11(14(17)16-8-3-2-4-9-16)18-13-7-5-6-12(15)10-13/h5-7,10-11H,2-4,8-9H2,1H3. The SMILES string of the molecule is CC(Oc1cccc(Cl)c1)C(=O)N1CCCCC1. The maximum absolute atomic E-state index is 12.2. The first-order valence-electron chi connectivity index (χ1n) is 6.38. The highest BCUT2D eigenvalue weighted by Crippen LogP contribution is 2.19. The monoisotopic (exact) mass is 267 g/mol. The molecule has 1 heterocycles. The third-order valence-corrected chi connectivity index (χ3v) is 3.36. The number of amides is 1. The number of piperidine rings is 1. The molecule has 1 aromatic rings. The van der Waals surface area contributed by atoms with E-state index >= 15 is 0 Å². The molecular formula is C14H18ClNO2. The van der Waals surface area contributed by atoms with Gasteiger partial charge in [0, 0.05) is 18.1 Å². The molecule has 1 fully saturated rings. The Morgan fingerprint density at radius 3 is 2.72 bits per heavy atom. The number of halogens is 1. The fraction of sp³-hybridized carbons (Fsp3) is 0.500. The van der Waals surface area contributed by atoms with Crippen LogP contribution in [-0.4, -0.2) is 30.0 Å². The second-order valence-electron chi connectivity index (χ2n) is 4.60. The van der Waals surface area contributed by atoms with Crippen LogP contribution in [0.1, 0.15) is 26.2 Å². The van der Waals surface area contributed by atoms with Crippen LogP contribution in [0.15, 0.2) is 24.3 Å². The van der Waals surface area contributed by atoms with Crippen LogP contribution in [0.2, 0.25) is 5.02 Å². The number of hydrogen-bond acceptors (Lipinski definition) is 2. The van der Waals surface area contributed by atoms with E-state index in [0.29, 0.717) is 10.8 Å². The van der Waals surface area contributed by atoms with E-state index in [4.69, 9.17) is 16.3 Å². The molecule has 3 nitrogen and oxygen atoms in total. The number of carbonyl (C=O) groups excluding carboxylic acids is 1. The lowest BCUT2D eigenvalue weighted by Gasteiger charge is -2.29. The molecule has 1 aromatic carbocycles. The lowest BCUT2D eigenvalue weighted by atomic mass is 10.1. The van der Waals surface area contributed by atoms with Crippen LogP contribution in [0.25, 0.3) is 0 Å². The van der Waals surface area contributed by atoms with E-state index in [1.165, 1.54) is 6.42 Å². The molecule has 1 atom stereocenters. The first-order valence-corrected chi connectivity index (χ1v) is 6.75. The van der Waals surface area contributed by atoms with Gasteiger partial charge in [-0.3, -0.25) is 4.79 Å². The fourth-order valence-electron chi connectivity index (χ4n) is 2.17. The Morgan fingerprint density at radius 1 is 1.33 bits per heavy atom. The predicted octanol–water partition coefficient (Wildman–Crippen LogP) is 3.12. The summed E-state index contributed by atoms with van der Waals surface area (Å²) in [6.45, 7) is 3.49. The van der Waals surface area contributed by atoms with Crippen LogP contribution < -0.4 is 4.74 Å². The van der Waals surface area contributed by atoms with E-state index < -0.39 is 6.10 Å². The summed E-state index contributed by atoms with van der Waals surface area (Å²) in [6, 6.07) is 7.13. The third kappa shape index (κ3) is 3.39. The minimum absolute atomic E-state index is 0.0645. The van der Waals surface area contributed by atoms with Crippen LogP contribution in [0.5, 0.6) is 5.75 Å². The summed E-state index contributed by atoms with van der Waals surface area (Å²) in [6.07, 6.45) is 2.94. The van der Waals surface area contributed by atoms with E-state index in [0.717, 1.165) is 25.9 Å². The molecule has 0 bridgehead atoms. The number of benzene rings is 1. The van der Waals surface area contributed by atoms with Crippen molar-refractivity contribution in [1.82, 2.24) is 4.90 Å².